The molecule has 26 heavy (non-hydrogen) atoms. The van der Waals surface area contributed by atoms with E-state index in [1.807, 2.05) is 19.9 Å². The normalized spacial score (nSPS) is 11.8. The molecule has 0 bridgehead atoms. The Kier molecular flexibility index (Phi) is 14.7. The minimum Gasteiger partial charge on any atom is -0.381 e. The third-order valence-corrected chi connectivity index (χ3v) is 3.90. The van der Waals surface area contributed by atoms with Crippen LogP contribution >= 0.6 is 24.0 Å². The number of guanidine groups is 1. The highest BCUT2D eigenvalue weighted by Crippen LogP contribution is 2.07. The van der Waals surface area contributed by atoms with Gasteiger partial charge < -0.3 is 20.1 Å². The van der Waals surface area contributed by atoms with E-state index < -0.39 is 0 Å². The molecule has 0 aromatic heterocycles. The van der Waals surface area contributed by atoms with Gasteiger partial charge in [-0.05, 0) is 45.6 Å². The fourth-order valence-electron chi connectivity index (χ4n) is 2.15. The molecule has 0 heterocycles. The summed E-state index contributed by atoms with van der Waals surface area (Å²) in [6, 6.07) is 10.5. The summed E-state index contributed by atoms with van der Waals surface area (Å²) in [5.74, 6) is 0.845. The standard InChI is InChI=1S/C20H35N3O2.HI/c1-5-21-19(23-17-20(2,3)24-4)22-14-9-10-15-25-16-13-18-11-7-6-8-12-18;/h6-8,11-12H,5,9-10,13-17H2,1-4H3,(H2,21,22,23);1H. The van der Waals surface area contributed by atoms with Crippen molar-refractivity contribution < 1.29 is 9.47 Å². The Labute approximate surface area is 176 Å². The van der Waals surface area contributed by atoms with Crippen molar-refractivity contribution in [3.8, 4) is 0 Å². The van der Waals surface area contributed by atoms with E-state index in [0.29, 0.717) is 6.54 Å². The van der Waals surface area contributed by atoms with E-state index in [0.717, 1.165) is 51.5 Å². The van der Waals surface area contributed by atoms with E-state index in [4.69, 9.17) is 9.47 Å². The van der Waals surface area contributed by atoms with Crippen LogP contribution in [0.5, 0.6) is 0 Å². The van der Waals surface area contributed by atoms with Crippen molar-refractivity contribution in [3.05, 3.63) is 35.9 Å². The molecule has 0 unspecified atom stereocenters. The molecule has 0 aliphatic carbocycles. The van der Waals surface area contributed by atoms with Crippen LogP contribution in [0.2, 0.25) is 0 Å². The van der Waals surface area contributed by atoms with E-state index in [-0.39, 0.29) is 29.6 Å². The Morgan fingerprint density at radius 3 is 2.46 bits per heavy atom. The predicted octanol–water partition coefficient (Wildman–Crippen LogP) is 3.62. The van der Waals surface area contributed by atoms with Crippen molar-refractivity contribution in [1.82, 2.24) is 10.6 Å². The molecular formula is C20H36IN3O2. The van der Waals surface area contributed by atoms with Gasteiger partial charge in [0.1, 0.15) is 0 Å². The number of aliphatic imine (C=N–C) groups is 1. The van der Waals surface area contributed by atoms with Crippen LogP contribution in [-0.4, -0.2) is 51.5 Å². The van der Waals surface area contributed by atoms with Gasteiger partial charge in [-0.25, -0.2) is 0 Å². The summed E-state index contributed by atoms with van der Waals surface area (Å²) in [5.41, 5.74) is 1.09. The SMILES string of the molecule is CCNC(=NCC(C)(C)OC)NCCCCOCCc1ccccc1.I. The summed E-state index contributed by atoms with van der Waals surface area (Å²) in [7, 11) is 1.72. The minimum atomic E-state index is -0.241. The third-order valence-electron chi connectivity index (χ3n) is 3.90. The van der Waals surface area contributed by atoms with Gasteiger partial charge in [0.25, 0.3) is 0 Å². The Balaban J connectivity index is 0.00000625. The quantitative estimate of drug-likeness (QED) is 0.209. The Morgan fingerprint density at radius 2 is 1.81 bits per heavy atom. The maximum absolute atomic E-state index is 5.71. The van der Waals surface area contributed by atoms with Gasteiger partial charge in [0, 0.05) is 26.8 Å². The number of unbranched alkanes of at least 4 members (excludes halogenated alkanes) is 1. The highest BCUT2D eigenvalue weighted by Gasteiger charge is 2.15. The zero-order valence-corrected chi connectivity index (χ0v) is 19.0. The fraction of sp³-hybridized carbons (Fsp3) is 0.650. The average molecular weight is 477 g/mol. The van der Waals surface area contributed by atoms with E-state index >= 15 is 0 Å². The van der Waals surface area contributed by atoms with Crippen LogP contribution in [0.25, 0.3) is 0 Å². The molecule has 0 radical (unpaired) electrons. The monoisotopic (exact) mass is 477 g/mol. The summed E-state index contributed by atoms with van der Waals surface area (Å²) in [6.45, 7) is 10.1. The molecule has 0 spiro atoms. The van der Waals surface area contributed by atoms with Gasteiger partial charge >= 0.3 is 0 Å². The molecule has 150 valence electrons. The molecule has 0 fully saturated rings. The van der Waals surface area contributed by atoms with E-state index in [2.05, 4.69) is 46.8 Å². The first-order valence-corrected chi connectivity index (χ1v) is 9.26. The molecule has 0 saturated carbocycles. The maximum atomic E-state index is 5.71. The lowest BCUT2D eigenvalue weighted by Crippen LogP contribution is -2.39. The number of ether oxygens (including phenoxy) is 2. The summed E-state index contributed by atoms with van der Waals surface area (Å²) in [5, 5.41) is 6.62. The second kappa shape index (κ2) is 15.2. The minimum absolute atomic E-state index is 0. The summed E-state index contributed by atoms with van der Waals surface area (Å²) in [4.78, 5) is 4.57. The Bertz CT molecular complexity index is 481. The molecular weight excluding hydrogens is 441 g/mol. The van der Waals surface area contributed by atoms with Gasteiger partial charge in [-0.3, -0.25) is 4.99 Å². The number of methoxy groups -OCH3 is 1. The predicted molar refractivity (Wildman–Crippen MR) is 121 cm³/mol. The highest BCUT2D eigenvalue weighted by atomic mass is 127. The van der Waals surface area contributed by atoms with Crippen LogP contribution in [0.15, 0.2) is 35.3 Å². The smallest absolute Gasteiger partial charge is 0.191 e. The van der Waals surface area contributed by atoms with Crippen LogP contribution in [-0.2, 0) is 15.9 Å². The number of halogens is 1. The first-order chi connectivity index (χ1) is 12.1. The highest BCUT2D eigenvalue weighted by molar-refractivity contribution is 14.0. The maximum Gasteiger partial charge on any atom is 0.191 e. The molecule has 6 heteroatoms. The number of benzene rings is 1. The molecule has 0 aliphatic rings. The summed E-state index contributed by atoms with van der Waals surface area (Å²) < 4.78 is 11.1. The molecule has 2 N–H and O–H groups in total. The van der Waals surface area contributed by atoms with Gasteiger partial charge in [-0.15, -0.1) is 24.0 Å². The lowest BCUT2D eigenvalue weighted by molar-refractivity contribution is 0.0310. The van der Waals surface area contributed by atoms with Crippen LogP contribution in [0, 0.1) is 0 Å². The molecule has 0 aliphatic heterocycles. The molecule has 0 amide bonds. The molecule has 5 nitrogen and oxygen atoms in total. The number of nitrogens with zero attached hydrogens (tertiary/aromatic N) is 1. The number of hydrogen-bond acceptors (Lipinski definition) is 3. The van der Waals surface area contributed by atoms with E-state index in [9.17, 15) is 0 Å². The largest absolute Gasteiger partial charge is 0.381 e. The van der Waals surface area contributed by atoms with Crippen molar-refractivity contribution in [2.24, 2.45) is 4.99 Å². The van der Waals surface area contributed by atoms with Crippen LogP contribution < -0.4 is 10.6 Å². The third kappa shape index (κ3) is 12.5. The van der Waals surface area contributed by atoms with Crippen LogP contribution in [0.3, 0.4) is 0 Å². The van der Waals surface area contributed by atoms with Gasteiger partial charge in [0.15, 0.2) is 5.96 Å². The average Bonchev–Trinajstić information content (AvgIpc) is 2.62. The second-order valence-electron chi connectivity index (χ2n) is 6.64. The van der Waals surface area contributed by atoms with Crippen LogP contribution in [0.1, 0.15) is 39.2 Å². The summed E-state index contributed by atoms with van der Waals surface area (Å²) in [6.07, 6.45) is 3.08. The molecule has 1 rings (SSSR count). The first kappa shape index (κ1) is 25.1. The number of nitrogens with one attached hydrogen (secondary N) is 2. The molecule has 0 saturated heterocycles. The zero-order chi connectivity index (χ0) is 18.4. The van der Waals surface area contributed by atoms with Gasteiger partial charge in [0.2, 0.25) is 0 Å². The molecule has 0 atom stereocenters. The number of hydrogen-bond donors (Lipinski definition) is 2. The lowest BCUT2D eigenvalue weighted by atomic mass is 10.1. The van der Waals surface area contributed by atoms with E-state index in [1.54, 1.807) is 7.11 Å². The second-order valence-corrected chi connectivity index (χ2v) is 6.64. The first-order valence-electron chi connectivity index (χ1n) is 9.26. The van der Waals surface area contributed by atoms with Crippen molar-refractivity contribution in [1.29, 1.82) is 0 Å². The van der Waals surface area contributed by atoms with Crippen molar-refractivity contribution in [3.63, 3.8) is 0 Å². The zero-order valence-electron chi connectivity index (χ0n) is 16.7. The van der Waals surface area contributed by atoms with Gasteiger partial charge in [-0.2, -0.15) is 0 Å². The Morgan fingerprint density at radius 1 is 1.08 bits per heavy atom. The van der Waals surface area contributed by atoms with Crippen LogP contribution in [0.4, 0.5) is 0 Å². The van der Waals surface area contributed by atoms with Crippen molar-refractivity contribution >= 4 is 29.9 Å². The molecule has 1 aromatic rings. The van der Waals surface area contributed by atoms with Gasteiger partial charge in [0.05, 0.1) is 18.8 Å². The van der Waals surface area contributed by atoms with Crippen molar-refractivity contribution in [2.75, 3.05) is 40.0 Å². The Hall–Kier alpha value is -0.860. The summed E-state index contributed by atoms with van der Waals surface area (Å²) >= 11 is 0. The van der Waals surface area contributed by atoms with Gasteiger partial charge in [-0.1, -0.05) is 30.3 Å². The van der Waals surface area contributed by atoms with Crippen molar-refractivity contribution in [2.45, 2.75) is 45.6 Å². The van der Waals surface area contributed by atoms with E-state index in [1.165, 1.54) is 5.56 Å². The molecule has 1 aromatic carbocycles. The topological polar surface area (TPSA) is 54.9 Å². The fourth-order valence-corrected chi connectivity index (χ4v) is 2.15. The lowest BCUT2D eigenvalue weighted by Gasteiger charge is -2.21. The number of rotatable bonds is 12.